The fourth-order valence-electron chi connectivity index (χ4n) is 3.79. The summed E-state index contributed by atoms with van der Waals surface area (Å²) in [5.74, 6) is 1.41. The lowest BCUT2D eigenvalue weighted by atomic mass is 9.96. The van der Waals surface area contributed by atoms with Crippen LogP contribution in [0.4, 0.5) is 5.69 Å². The third-order valence-electron chi connectivity index (χ3n) is 5.41. The van der Waals surface area contributed by atoms with E-state index in [4.69, 9.17) is 9.47 Å². The molecular weight excluding hydrogens is 382 g/mol. The number of pyridine rings is 1. The monoisotopic (exact) mass is 407 g/mol. The van der Waals surface area contributed by atoms with Crippen molar-refractivity contribution >= 4 is 22.8 Å². The van der Waals surface area contributed by atoms with Crippen LogP contribution >= 0.6 is 0 Å². The van der Waals surface area contributed by atoms with Gasteiger partial charge in [-0.2, -0.15) is 0 Å². The second-order valence-corrected chi connectivity index (χ2v) is 7.27. The van der Waals surface area contributed by atoms with Gasteiger partial charge in [-0.1, -0.05) is 0 Å². The Bertz CT molecular complexity index is 1040. The van der Waals surface area contributed by atoms with Gasteiger partial charge in [0, 0.05) is 37.6 Å². The highest BCUT2D eigenvalue weighted by atomic mass is 16.5. The van der Waals surface area contributed by atoms with E-state index in [0.29, 0.717) is 18.7 Å². The van der Waals surface area contributed by atoms with Crippen LogP contribution in [0, 0.1) is 5.92 Å². The molecule has 1 saturated heterocycles. The molecule has 1 N–H and O–H groups in total. The van der Waals surface area contributed by atoms with E-state index < -0.39 is 0 Å². The molecule has 1 aliphatic heterocycles. The molecule has 1 aliphatic rings. The zero-order chi connectivity index (χ0) is 20.9. The molecule has 3 aromatic rings. The van der Waals surface area contributed by atoms with Crippen LogP contribution in [0.5, 0.6) is 11.5 Å². The van der Waals surface area contributed by atoms with Crippen molar-refractivity contribution in [2.24, 2.45) is 5.92 Å². The molecule has 1 amide bonds. The van der Waals surface area contributed by atoms with E-state index in [1.807, 2.05) is 24.3 Å². The number of fused-ring (bicyclic) bond motifs is 1. The molecule has 1 fully saturated rings. The summed E-state index contributed by atoms with van der Waals surface area (Å²) in [5, 5.41) is 3.06. The molecule has 1 aromatic carbocycles. The van der Waals surface area contributed by atoms with Gasteiger partial charge in [-0.3, -0.25) is 9.78 Å². The first-order chi connectivity index (χ1) is 14.7. The number of rotatable bonds is 6. The van der Waals surface area contributed by atoms with Gasteiger partial charge in [0.05, 0.1) is 32.0 Å². The van der Waals surface area contributed by atoms with Gasteiger partial charge in [0.25, 0.3) is 0 Å². The highest BCUT2D eigenvalue weighted by molar-refractivity contribution is 5.80. The van der Waals surface area contributed by atoms with Crippen LogP contribution in [-0.2, 0) is 11.3 Å². The summed E-state index contributed by atoms with van der Waals surface area (Å²) in [4.78, 5) is 28.0. The summed E-state index contributed by atoms with van der Waals surface area (Å²) < 4.78 is 10.7. The fourth-order valence-corrected chi connectivity index (χ4v) is 3.79. The molecule has 30 heavy (non-hydrogen) atoms. The van der Waals surface area contributed by atoms with Crippen LogP contribution in [0.2, 0.25) is 0 Å². The Morgan fingerprint density at radius 1 is 1.17 bits per heavy atom. The van der Waals surface area contributed by atoms with Crippen molar-refractivity contribution in [3.05, 3.63) is 48.4 Å². The van der Waals surface area contributed by atoms with Crippen molar-refractivity contribution in [1.82, 2.24) is 20.3 Å². The van der Waals surface area contributed by atoms with E-state index in [-0.39, 0.29) is 11.8 Å². The fraction of sp³-hybridized carbons (Fsp3) is 0.364. The molecule has 8 heteroatoms. The average Bonchev–Trinajstić information content (AvgIpc) is 2.82. The standard InChI is InChI=1S/C22H25N5O3/c1-29-18-5-6-20(30-2)16(10-18)12-26-22(28)15-4-3-9-27(14-15)17-11-19-21(25-13-17)24-8-7-23-19/h5-8,10-11,13,15H,3-4,9,12,14H2,1-2H3,(H,26,28). The maximum Gasteiger partial charge on any atom is 0.225 e. The zero-order valence-electron chi connectivity index (χ0n) is 17.2. The highest BCUT2D eigenvalue weighted by Crippen LogP contribution is 2.26. The van der Waals surface area contributed by atoms with Crippen LogP contribution in [0.1, 0.15) is 18.4 Å². The van der Waals surface area contributed by atoms with Gasteiger partial charge < -0.3 is 19.7 Å². The minimum absolute atomic E-state index is 0.0399. The number of methoxy groups -OCH3 is 2. The van der Waals surface area contributed by atoms with Crippen molar-refractivity contribution in [2.75, 3.05) is 32.2 Å². The molecule has 156 valence electrons. The SMILES string of the molecule is COc1ccc(OC)c(CNC(=O)C2CCCN(c3cnc4nccnc4c3)C2)c1. The van der Waals surface area contributed by atoms with Crippen molar-refractivity contribution in [3.63, 3.8) is 0 Å². The Labute approximate surface area is 175 Å². The number of piperidine rings is 1. The number of benzene rings is 1. The molecule has 2 aromatic heterocycles. The topological polar surface area (TPSA) is 89.5 Å². The van der Waals surface area contributed by atoms with E-state index in [1.54, 1.807) is 32.8 Å². The smallest absolute Gasteiger partial charge is 0.225 e. The Morgan fingerprint density at radius 2 is 2.03 bits per heavy atom. The number of carbonyl (C=O) groups excluding carboxylic acids is 1. The summed E-state index contributed by atoms with van der Waals surface area (Å²) in [6, 6.07) is 7.55. The first kappa shape index (κ1) is 19.9. The Balaban J connectivity index is 1.42. The second-order valence-electron chi connectivity index (χ2n) is 7.27. The molecule has 1 atom stereocenters. The predicted octanol–water partition coefficient (Wildman–Crippen LogP) is 2.57. The van der Waals surface area contributed by atoms with E-state index in [9.17, 15) is 4.79 Å². The molecule has 0 spiro atoms. The molecule has 0 radical (unpaired) electrons. The summed E-state index contributed by atoms with van der Waals surface area (Å²) >= 11 is 0. The van der Waals surface area contributed by atoms with Gasteiger partial charge in [0.1, 0.15) is 17.0 Å². The lowest BCUT2D eigenvalue weighted by Gasteiger charge is -2.33. The van der Waals surface area contributed by atoms with E-state index in [0.717, 1.165) is 47.7 Å². The van der Waals surface area contributed by atoms with Gasteiger partial charge in [0.15, 0.2) is 5.65 Å². The normalized spacial score (nSPS) is 16.3. The summed E-state index contributed by atoms with van der Waals surface area (Å²) in [6.07, 6.45) is 6.90. The average molecular weight is 407 g/mol. The number of ether oxygens (including phenoxy) is 2. The van der Waals surface area contributed by atoms with E-state index in [1.165, 1.54) is 0 Å². The molecule has 0 aliphatic carbocycles. The first-order valence-corrected chi connectivity index (χ1v) is 9.98. The number of aromatic nitrogens is 3. The third kappa shape index (κ3) is 4.27. The highest BCUT2D eigenvalue weighted by Gasteiger charge is 2.26. The summed E-state index contributed by atoms with van der Waals surface area (Å²) in [5.41, 5.74) is 3.23. The molecule has 0 bridgehead atoms. The lowest BCUT2D eigenvalue weighted by molar-refractivity contribution is -0.125. The van der Waals surface area contributed by atoms with Gasteiger partial charge in [-0.25, -0.2) is 9.97 Å². The molecule has 3 heterocycles. The van der Waals surface area contributed by atoms with Crippen LogP contribution in [0.3, 0.4) is 0 Å². The van der Waals surface area contributed by atoms with Gasteiger partial charge in [0.2, 0.25) is 5.91 Å². The number of carbonyl (C=O) groups is 1. The van der Waals surface area contributed by atoms with Crippen LogP contribution < -0.4 is 19.7 Å². The van der Waals surface area contributed by atoms with E-state index in [2.05, 4.69) is 25.2 Å². The predicted molar refractivity (Wildman–Crippen MR) is 114 cm³/mol. The minimum Gasteiger partial charge on any atom is -0.497 e. The zero-order valence-corrected chi connectivity index (χ0v) is 17.2. The molecule has 4 rings (SSSR count). The van der Waals surface area contributed by atoms with Crippen molar-refractivity contribution < 1.29 is 14.3 Å². The van der Waals surface area contributed by atoms with Crippen molar-refractivity contribution in [2.45, 2.75) is 19.4 Å². The van der Waals surface area contributed by atoms with Crippen LogP contribution in [-0.4, -0.2) is 48.2 Å². The number of nitrogens with zero attached hydrogens (tertiary/aromatic N) is 4. The van der Waals surface area contributed by atoms with Crippen LogP contribution in [0.25, 0.3) is 11.2 Å². The molecule has 0 saturated carbocycles. The van der Waals surface area contributed by atoms with Gasteiger partial charge in [-0.05, 0) is 37.1 Å². The number of nitrogens with one attached hydrogen (secondary N) is 1. The Kier molecular flexibility index (Phi) is 5.92. The van der Waals surface area contributed by atoms with Crippen LogP contribution in [0.15, 0.2) is 42.9 Å². The Morgan fingerprint density at radius 3 is 2.87 bits per heavy atom. The molecule has 1 unspecified atom stereocenters. The van der Waals surface area contributed by atoms with Crippen molar-refractivity contribution in [3.8, 4) is 11.5 Å². The quantitative estimate of drug-likeness (QED) is 0.672. The number of anilines is 1. The molecular formula is C22H25N5O3. The summed E-state index contributed by atoms with van der Waals surface area (Å²) in [7, 11) is 3.24. The van der Waals surface area contributed by atoms with Crippen molar-refractivity contribution in [1.29, 1.82) is 0 Å². The number of amides is 1. The summed E-state index contributed by atoms with van der Waals surface area (Å²) in [6.45, 7) is 1.93. The third-order valence-corrected chi connectivity index (χ3v) is 5.41. The molecule has 8 nitrogen and oxygen atoms in total. The first-order valence-electron chi connectivity index (χ1n) is 9.98. The number of hydrogen-bond donors (Lipinski definition) is 1. The largest absolute Gasteiger partial charge is 0.497 e. The maximum absolute atomic E-state index is 12.9. The minimum atomic E-state index is -0.0899. The van der Waals surface area contributed by atoms with Gasteiger partial charge in [-0.15, -0.1) is 0 Å². The maximum atomic E-state index is 12.9. The van der Waals surface area contributed by atoms with Gasteiger partial charge >= 0.3 is 0 Å². The lowest BCUT2D eigenvalue weighted by Crippen LogP contribution is -2.43. The number of hydrogen-bond acceptors (Lipinski definition) is 7. The second kappa shape index (κ2) is 8.94. The Hall–Kier alpha value is -3.42. The van der Waals surface area contributed by atoms with E-state index >= 15 is 0 Å².